The van der Waals surface area contributed by atoms with Crippen LogP contribution in [0.4, 0.5) is 15.8 Å². The van der Waals surface area contributed by atoms with Crippen LogP contribution in [0.1, 0.15) is 17.3 Å². The molecular weight excluding hydrogens is 407 g/mol. The molecule has 0 aromatic heterocycles. The molecular formula is C22H21FN2O4S. The molecule has 0 saturated heterocycles. The molecule has 3 aromatic carbocycles. The zero-order valence-electron chi connectivity index (χ0n) is 16.5. The lowest BCUT2D eigenvalue weighted by Crippen LogP contribution is -2.30. The maximum atomic E-state index is 13.9. The lowest BCUT2D eigenvalue weighted by molar-refractivity contribution is 0.102. The maximum absolute atomic E-state index is 13.9. The van der Waals surface area contributed by atoms with Crippen LogP contribution >= 0.6 is 0 Å². The van der Waals surface area contributed by atoms with E-state index in [1.807, 2.05) is 0 Å². The molecule has 0 radical (unpaired) electrons. The van der Waals surface area contributed by atoms with Gasteiger partial charge < -0.3 is 10.1 Å². The predicted octanol–water partition coefficient (Wildman–Crippen LogP) is 4.30. The van der Waals surface area contributed by atoms with Gasteiger partial charge in [-0.25, -0.2) is 12.8 Å². The van der Waals surface area contributed by atoms with Crippen molar-refractivity contribution in [2.75, 3.05) is 23.3 Å². The minimum absolute atomic E-state index is 0.0298. The summed E-state index contributed by atoms with van der Waals surface area (Å²) >= 11 is 0. The summed E-state index contributed by atoms with van der Waals surface area (Å²) < 4.78 is 46.9. The average molecular weight is 428 g/mol. The van der Waals surface area contributed by atoms with E-state index in [2.05, 4.69) is 5.32 Å². The molecule has 0 aliphatic heterocycles. The Hall–Kier alpha value is -3.39. The summed E-state index contributed by atoms with van der Waals surface area (Å²) in [6.45, 7) is 1.95. The number of hydrogen-bond acceptors (Lipinski definition) is 4. The second-order valence-electron chi connectivity index (χ2n) is 6.30. The summed E-state index contributed by atoms with van der Waals surface area (Å²) in [6, 6.07) is 18.4. The van der Waals surface area contributed by atoms with Gasteiger partial charge in [-0.2, -0.15) is 0 Å². The van der Waals surface area contributed by atoms with Gasteiger partial charge in [0.15, 0.2) is 0 Å². The van der Waals surface area contributed by atoms with Crippen molar-refractivity contribution in [3.63, 3.8) is 0 Å². The Morgan fingerprint density at radius 2 is 1.70 bits per heavy atom. The van der Waals surface area contributed by atoms with Gasteiger partial charge in [-0.3, -0.25) is 9.10 Å². The van der Waals surface area contributed by atoms with Gasteiger partial charge in [-0.15, -0.1) is 0 Å². The largest absolute Gasteiger partial charge is 0.495 e. The number of carbonyl (C=O) groups is 1. The standard InChI is InChI=1S/C22H21FN2O4S/c1-3-25(16-9-5-4-6-10-16)30(27,28)17-13-14-21(29-2)20(15-17)24-22(26)18-11-7-8-12-19(18)23/h4-15H,3H2,1-2H3,(H,24,26). The third-order valence-electron chi connectivity index (χ3n) is 4.46. The molecule has 0 aliphatic rings. The summed E-state index contributed by atoms with van der Waals surface area (Å²) in [7, 11) is -2.51. The van der Waals surface area contributed by atoms with Crippen LogP contribution < -0.4 is 14.4 Å². The van der Waals surface area contributed by atoms with Crippen molar-refractivity contribution in [3.05, 3.63) is 84.2 Å². The summed E-state index contributed by atoms with van der Waals surface area (Å²) in [5.41, 5.74) is 0.482. The number of methoxy groups -OCH3 is 1. The molecule has 0 atom stereocenters. The highest BCUT2D eigenvalue weighted by Crippen LogP contribution is 2.31. The molecule has 0 heterocycles. The highest BCUT2D eigenvalue weighted by Gasteiger charge is 2.25. The first kappa shape index (κ1) is 21.3. The molecule has 0 bridgehead atoms. The van der Waals surface area contributed by atoms with Gasteiger partial charge >= 0.3 is 0 Å². The van der Waals surface area contributed by atoms with Crippen LogP contribution in [0.15, 0.2) is 77.7 Å². The Morgan fingerprint density at radius 3 is 2.33 bits per heavy atom. The highest BCUT2D eigenvalue weighted by molar-refractivity contribution is 7.92. The van der Waals surface area contributed by atoms with E-state index in [1.165, 1.54) is 53.9 Å². The number of halogens is 1. The van der Waals surface area contributed by atoms with E-state index in [1.54, 1.807) is 37.3 Å². The van der Waals surface area contributed by atoms with Gasteiger partial charge in [-0.1, -0.05) is 30.3 Å². The summed E-state index contributed by atoms with van der Waals surface area (Å²) in [6.07, 6.45) is 0. The number of hydrogen-bond donors (Lipinski definition) is 1. The molecule has 0 aliphatic carbocycles. The minimum atomic E-state index is -3.91. The van der Waals surface area contributed by atoms with Crippen molar-refractivity contribution in [1.82, 2.24) is 0 Å². The fraction of sp³-hybridized carbons (Fsp3) is 0.136. The second kappa shape index (κ2) is 8.96. The van der Waals surface area contributed by atoms with Crippen molar-refractivity contribution in [3.8, 4) is 5.75 Å². The van der Waals surface area contributed by atoms with Crippen molar-refractivity contribution in [1.29, 1.82) is 0 Å². The summed E-state index contributed by atoms with van der Waals surface area (Å²) in [5, 5.41) is 2.54. The number of rotatable bonds is 7. The SMILES string of the molecule is CCN(c1ccccc1)S(=O)(=O)c1ccc(OC)c(NC(=O)c2ccccc2F)c1. The van der Waals surface area contributed by atoms with Gasteiger partial charge in [-0.05, 0) is 49.4 Å². The van der Waals surface area contributed by atoms with Crippen LogP contribution in [0.3, 0.4) is 0 Å². The number of benzene rings is 3. The van der Waals surface area contributed by atoms with E-state index in [0.29, 0.717) is 5.69 Å². The van der Waals surface area contributed by atoms with E-state index in [0.717, 1.165) is 0 Å². The molecule has 6 nitrogen and oxygen atoms in total. The van der Waals surface area contributed by atoms with E-state index in [4.69, 9.17) is 4.74 Å². The first-order valence-corrected chi connectivity index (χ1v) is 10.6. The van der Waals surface area contributed by atoms with Gasteiger partial charge in [0.1, 0.15) is 11.6 Å². The lowest BCUT2D eigenvalue weighted by Gasteiger charge is -2.23. The topological polar surface area (TPSA) is 75.7 Å². The van der Waals surface area contributed by atoms with Crippen LogP contribution in [-0.2, 0) is 10.0 Å². The number of nitrogens with one attached hydrogen (secondary N) is 1. The fourth-order valence-electron chi connectivity index (χ4n) is 2.99. The van der Waals surface area contributed by atoms with E-state index in [-0.39, 0.29) is 28.4 Å². The highest BCUT2D eigenvalue weighted by atomic mass is 32.2. The van der Waals surface area contributed by atoms with Gasteiger partial charge in [0.2, 0.25) is 0 Å². The Balaban J connectivity index is 1.99. The Bertz CT molecular complexity index is 1150. The van der Waals surface area contributed by atoms with E-state index in [9.17, 15) is 17.6 Å². The van der Waals surface area contributed by atoms with Crippen LogP contribution in [0.2, 0.25) is 0 Å². The van der Waals surface area contributed by atoms with Crippen molar-refractivity contribution in [2.24, 2.45) is 0 Å². The first-order valence-electron chi connectivity index (χ1n) is 9.20. The number of anilines is 2. The summed E-state index contributed by atoms with van der Waals surface area (Å²) in [4.78, 5) is 12.5. The molecule has 1 amide bonds. The first-order chi connectivity index (χ1) is 14.4. The Kier molecular flexibility index (Phi) is 6.37. The predicted molar refractivity (Wildman–Crippen MR) is 114 cm³/mol. The average Bonchev–Trinajstić information content (AvgIpc) is 2.75. The van der Waals surface area contributed by atoms with Crippen LogP contribution in [-0.4, -0.2) is 28.0 Å². The number of ether oxygens (including phenoxy) is 1. The number of carbonyl (C=O) groups excluding carboxylic acids is 1. The molecule has 0 spiro atoms. The number of nitrogens with zero attached hydrogens (tertiary/aromatic N) is 1. The maximum Gasteiger partial charge on any atom is 0.264 e. The monoisotopic (exact) mass is 428 g/mol. The minimum Gasteiger partial charge on any atom is -0.495 e. The Labute approximate surface area is 175 Å². The van der Waals surface area contributed by atoms with Crippen LogP contribution in [0.25, 0.3) is 0 Å². The van der Waals surface area contributed by atoms with Gasteiger partial charge in [0, 0.05) is 6.54 Å². The number of amides is 1. The van der Waals surface area contributed by atoms with Gasteiger partial charge in [0.05, 0.1) is 28.9 Å². The fourth-order valence-corrected chi connectivity index (χ4v) is 4.49. The smallest absolute Gasteiger partial charge is 0.264 e. The number of sulfonamides is 1. The quantitative estimate of drug-likeness (QED) is 0.609. The van der Waals surface area contributed by atoms with Crippen LogP contribution in [0.5, 0.6) is 5.75 Å². The van der Waals surface area contributed by atoms with Crippen molar-refractivity contribution < 1.29 is 22.3 Å². The lowest BCUT2D eigenvalue weighted by atomic mass is 10.2. The molecule has 1 N–H and O–H groups in total. The molecule has 30 heavy (non-hydrogen) atoms. The van der Waals surface area contributed by atoms with E-state index < -0.39 is 21.7 Å². The molecule has 0 unspecified atom stereocenters. The molecule has 0 saturated carbocycles. The molecule has 156 valence electrons. The molecule has 3 rings (SSSR count). The normalized spacial score (nSPS) is 11.0. The zero-order chi connectivity index (χ0) is 21.7. The third kappa shape index (κ3) is 4.28. The number of para-hydroxylation sites is 1. The van der Waals surface area contributed by atoms with Crippen molar-refractivity contribution >= 4 is 27.3 Å². The Morgan fingerprint density at radius 1 is 1.03 bits per heavy atom. The van der Waals surface area contributed by atoms with Crippen LogP contribution in [0, 0.1) is 5.82 Å². The van der Waals surface area contributed by atoms with Crippen molar-refractivity contribution in [2.45, 2.75) is 11.8 Å². The van der Waals surface area contributed by atoms with Gasteiger partial charge in [0.25, 0.3) is 15.9 Å². The molecule has 8 heteroatoms. The third-order valence-corrected chi connectivity index (χ3v) is 6.36. The summed E-state index contributed by atoms with van der Waals surface area (Å²) in [5.74, 6) is -1.14. The van der Waals surface area contributed by atoms with E-state index >= 15 is 0 Å². The molecule has 0 fully saturated rings. The second-order valence-corrected chi connectivity index (χ2v) is 8.16. The molecule has 3 aromatic rings. The zero-order valence-corrected chi connectivity index (χ0v) is 17.3.